The van der Waals surface area contributed by atoms with Crippen LogP contribution >= 0.6 is 0 Å². The normalized spacial score (nSPS) is 10.2. The van der Waals surface area contributed by atoms with E-state index in [1.165, 1.54) is 0 Å². The summed E-state index contributed by atoms with van der Waals surface area (Å²) in [5, 5.41) is 11.3. The van der Waals surface area contributed by atoms with E-state index in [-0.39, 0.29) is 5.91 Å². The minimum Gasteiger partial charge on any atom is -0.365 e. The lowest BCUT2D eigenvalue weighted by Crippen LogP contribution is -2.27. The molecular weight excluding hydrogens is 300 g/mol. The van der Waals surface area contributed by atoms with E-state index in [4.69, 9.17) is 0 Å². The number of rotatable bonds is 5. The maximum Gasteiger partial charge on any atom is 0.278 e. The third-order valence-corrected chi connectivity index (χ3v) is 3.65. The SMILES string of the molecule is CN(C(=O)c1ccc(NCc2ccccc2)nn1)c1ccccc1. The molecule has 0 aliphatic heterocycles. The van der Waals surface area contributed by atoms with Crippen molar-refractivity contribution in [2.24, 2.45) is 0 Å². The number of benzene rings is 2. The molecule has 2 aromatic carbocycles. The van der Waals surface area contributed by atoms with Crippen molar-refractivity contribution >= 4 is 17.4 Å². The van der Waals surface area contributed by atoms with E-state index in [9.17, 15) is 4.79 Å². The predicted octanol–water partition coefficient (Wildman–Crippen LogP) is 3.37. The highest BCUT2D eigenvalue weighted by atomic mass is 16.2. The molecule has 0 unspecified atom stereocenters. The minimum atomic E-state index is -0.191. The Balaban J connectivity index is 1.64. The highest BCUT2D eigenvalue weighted by Gasteiger charge is 2.15. The van der Waals surface area contributed by atoms with Gasteiger partial charge in [-0.05, 0) is 29.8 Å². The highest BCUT2D eigenvalue weighted by Crippen LogP contribution is 2.14. The summed E-state index contributed by atoms with van der Waals surface area (Å²) in [6.45, 7) is 0.659. The number of hydrogen-bond acceptors (Lipinski definition) is 4. The second-order valence-corrected chi connectivity index (χ2v) is 5.34. The van der Waals surface area contributed by atoms with Crippen LogP contribution in [0.4, 0.5) is 11.5 Å². The van der Waals surface area contributed by atoms with Crippen LogP contribution in [0.5, 0.6) is 0 Å². The molecule has 120 valence electrons. The average Bonchev–Trinajstić information content (AvgIpc) is 2.67. The summed E-state index contributed by atoms with van der Waals surface area (Å²) in [6, 6.07) is 22.9. The summed E-state index contributed by atoms with van der Waals surface area (Å²) >= 11 is 0. The van der Waals surface area contributed by atoms with Crippen molar-refractivity contribution < 1.29 is 4.79 Å². The summed E-state index contributed by atoms with van der Waals surface area (Å²) in [5.41, 5.74) is 2.28. The molecule has 0 aliphatic carbocycles. The molecule has 0 radical (unpaired) electrons. The third kappa shape index (κ3) is 3.76. The molecule has 5 heteroatoms. The van der Waals surface area contributed by atoms with E-state index in [1.807, 2.05) is 60.7 Å². The summed E-state index contributed by atoms with van der Waals surface area (Å²) in [4.78, 5) is 14.0. The van der Waals surface area contributed by atoms with Crippen LogP contribution in [0.25, 0.3) is 0 Å². The standard InChI is InChI=1S/C19H18N4O/c1-23(16-10-6-3-7-11-16)19(24)17-12-13-18(22-21-17)20-14-15-8-4-2-5-9-15/h2-13H,14H2,1H3,(H,20,22). The van der Waals surface area contributed by atoms with Crippen molar-refractivity contribution in [2.45, 2.75) is 6.54 Å². The first-order chi connectivity index (χ1) is 11.7. The smallest absolute Gasteiger partial charge is 0.278 e. The van der Waals surface area contributed by atoms with Gasteiger partial charge >= 0.3 is 0 Å². The molecule has 1 heterocycles. The maximum absolute atomic E-state index is 12.4. The van der Waals surface area contributed by atoms with E-state index in [1.54, 1.807) is 24.1 Å². The number of nitrogens with zero attached hydrogens (tertiary/aromatic N) is 3. The van der Waals surface area contributed by atoms with Gasteiger partial charge < -0.3 is 10.2 Å². The van der Waals surface area contributed by atoms with Crippen molar-refractivity contribution in [1.82, 2.24) is 10.2 Å². The molecule has 0 atom stereocenters. The number of carbonyl (C=O) groups excluding carboxylic acids is 1. The molecule has 1 amide bonds. The summed E-state index contributed by atoms with van der Waals surface area (Å²) in [7, 11) is 1.72. The van der Waals surface area contributed by atoms with Gasteiger partial charge in [0.25, 0.3) is 5.91 Å². The number of aromatic nitrogens is 2. The number of amides is 1. The fourth-order valence-corrected chi connectivity index (χ4v) is 2.27. The fraction of sp³-hybridized carbons (Fsp3) is 0.105. The van der Waals surface area contributed by atoms with Crippen LogP contribution in [0.3, 0.4) is 0 Å². The van der Waals surface area contributed by atoms with Crippen LogP contribution in [0.2, 0.25) is 0 Å². The van der Waals surface area contributed by atoms with Gasteiger partial charge in [0.1, 0.15) is 5.82 Å². The van der Waals surface area contributed by atoms with Gasteiger partial charge in [-0.15, -0.1) is 10.2 Å². The number of anilines is 2. The number of hydrogen-bond donors (Lipinski definition) is 1. The summed E-state index contributed by atoms with van der Waals surface area (Å²) in [5.74, 6) is 0.445. The lowest BCUT2D eigenvalue weighted by molar-refractivity contribution is 0.0987. The lowest BCUT2D eigenvalue weighted by Gasteiger charge is -2.16. The Hall–Kier alpha value is -3.21. The Labute approximate surface area is 141 Å². The van der Waals surface area contributed by atoms with Crippen molar-refractivity contribution in [3.05, 3.63) is 84.1 Å². The van der Waals surface area contributed by atoms with Crippen molar-refractivity contribution in [3.8, 4) is 0 Å². The molecule has 0 saturated heterocycles. The molecule has 0 saturated carbocycles. The van der Waals surface area contributed by atoms with Gasteiger partial charge in [0.2, 0.25) is 0 Å². The fourth-order valence-electron chi connectivity index (χ4n) is 2.27. The maximum atomic E-state index is 12.4. The molecule has 0 spiro atoms. The zero-order valence-electron chi connectivity index (χ0n) is 13.4. The summed E-state index contributed by atoms with van der Waals surface area (Å²) < 4.78 is 0. The minimum absolute atomic E-state index is 0.191. The van der Waals surface area contributed by atoms with Crippen LogP contribution in [-0.4, -0.2) is 23.2 Å². The predicted molar refractivity (Wildman–Crippen MR) is 95.0 cm³/mol. The summed E-state index contributed by atoms with van der Waals surface area (Å²) in [6.07, 6.45) is 0. The zero-order valence-corrected chi connectivity index (χ0v) is 13.4. The van der Waals surface area contributed by atoms with Crippen LogP contribution in [0, 0.1) is 0 Å². The molecular formula is C19H18N4O. The van der Waals surface area contributed by atoms with E-state index in [2.05, 4.69) is 15.5 Å². The van der Waals surface area contributed by atoms with E-state index in [0.717, 1.165) is 11.3 Å². The van der Waals surface area contributed by atoms with E-state index >= 15 is 0 Å². The molecule has 24 heavy (non-hydrogen) atoms. The Bertz CT molecular complexity index is 789. The first-order valence-electron chi connectivity index (χ1n) is 7.68. The first-order valence-corrected chi connectivity index (χ1v) is 7.68. The topological polar surface area (TPSA) is 58.1 Å². The van der Waals surface area contributed by atoms with E-state index < -0.39 is 0 Å². The molecule has 3 aromatic rings. The molecule has 0 bridgehead atoms. The Morgan fingerprint density at radius 1 is 0.917 bits per heavy atom. The Kier molecular flexibility index (Phi) is 4.81. The Morgan fingerprint density at radius 3 is 2.21 bits per heavy atom. The second-order valence-electron chi connectivity index (χ2n) is 5.34. The van der Waals surface area contributed by atoms with Crippen molar-refractivity contribution in [1.29, 1.82) is 0 Å². The van der Waals surface area contributed by atoms with Crippen LogP contribution in [-0.2, 0) is 6.54 Å². The molecule has 0 fully saturated rings. The number of carbonyl (C=O) groups is 1. The lowest BCUT2D eigenvalue weighted by atomic mass is 10.2. The molecule has 1 N–H and O–H groups in total. The van der Waals surface area contributed by atoms with Gasteiger partial charge in [0.05, 0.1) is 0 Å². The van der Waals surface area contributed by atoms with Crippen molar-refractivity contribution in [2.75, 3.05) is 17.3 Å². The van der Waals surface area contributed by atoms with Gasteiger partial charge in [-0.1, -0.05) is 48.5 Å². The van der Waals surface area contributed by atoms with Crippen LogP contribution in [0.1, 0.15) is 16.1 Å². The monoisotopic (exact) mass is 318 g/mol. The molecule has 1 aromatic heterocycles. The second kappa shape index (κ2) is 7.37. The quantitative estimate of drug-likeness (QED) is 0.783. The molecule has 0 aliphatic rings. The number of nitrogens with one attached hydrogen (secondary N) is 1. The van der Waals surface area contributed by atoms with Gasteiger partial charge in [-0.2, -0.15) is 0 Å². The average molecular weight is 318 g/mol. The van der Waals surface area contributed by atoms with Gasteiger partial charge in [-0.25, -0.2) is 0 Å². The molecule has 5 nitrogen and oxygen atoms in total. The largest absolute Gasteiger partial charge is 0.365 e. The van der Waals surface area contributed by atoms with Crippen LogP contribution < -0.4 is 10.2 Å². The number of para-hydroxylation sites is 1. The van der Waals surface area contributed by atoms with Gasteiger partial charge in [0, 0.05) is 19.3 Å². The van der Waals surface area contributed by atoms with Crippen LogP contribution in [0.15, 0.2) is 72.8 Å². The zero-order chi connectivity index (χ0) is 16.8. The van der Waals surface area contributed by atoms with Crippen molar-refractivity contribution in [3.63, 3.8) is 0 Å². The molecule has 3 rings (SSSR count). The Morgan fingerprint density at radius 2 is 1.58 bits per heavy atom. The highest BCUT2D eigenvalue weighted by molar-refractivity contribution is 6.04. The van der Waals surface area contributed by atoms with Gasteiger partial charge in [0.15, 0.2) is 5.69 Å². The van der Waals surface area contributed by atoms with E-state index in [0.29, 0.717) is 18.1 Å². The van der Waals surface area contributed by atoms with Gasteiger partial charge in [-0.3, -0.25) is 4.79 Å². The third-order valence-electron chi connectivity index (χ3n) is 3.65. The first kappa shape index (κ1) is 15.7.